The van der Waals surface area contributed by atoms with Gasteiger partial charge in [-0.25, -0.2) is 9.48 Å². The number of carbonyl (C=O) groups excluding carboxylic acids is 2. The zero-order chi connectivity index (χ0) is 26.5. The number of nitrogens with zero attached hydrogens (tertiary/aromatic N) is 3. The molecular weight excluding hydrogens is 484 g/mol. The summed E-state index contributed by atoms with van der Waals surface area (Å²) >= 11 is 0. The van der Waals surface area contributed by atoms with Crippen molar-refractivity contribution < 1.29 is 18.7 Å². The number of aromatic nitrogens is 3. The average molecular weight is 509 g/mol. The maximum absolute atomic E-state index is 12.9. The number of benzene rings is 2. The summed E-state index contributed by atoms with van der Waals surface area (Å²) < 4.78 is 13.0. The Bertz CT molecular complexity index is 1580. The predicted molar refractivity (Wildman–Crippen MR) is 143 cm³/mol. The van der Waals surface area contributed by atoms with Crippen LogP contribution in [0.4, 0.5) is 16.3 Å². The van der Waals surface area contributed by atoms with Crippen molar-refractivity contribution in [3.63, 3.8) is 0 Å². The minimum absolute atomic E-state index is 0.250. The van der Waals surface area contributed by atoms with Gasteiger partial charge in [-0.2, -0.15) is 5.10 Å². The van der Waals surface area contributed by atoms with Gasteiger partial charge in [-0.1, -0.05) is 12.1 Å². The lowest BCUT2D eigenvalue weighted by Gasteiger charge is -2.11. The molecule has 38 heavy (non-hydrogen) atoms. The van der Waals surface area contributed by atoms with Crippen LogP contribution in [0.5, 0.6) is 11.5 Å². The molecule has 0 saturated carbocycles. The van der Waals surface area contributed by atoms with Crippen LogP contribution in [0.1, 0.15) is 16.1 Å². The summed E-state index contributed by atoms with van der Waals surface area (Å²) in [6, 6.07) is 22.7. The van der Waals surface area contributed by atoms with E-state index in [4.69, 9.17) is 9.15 Å². The first-order valence-corrected chi connectivity index (χ1v) is 11.7. The van der Waals surface area contributed by atoms with Crippen molar-refractivity contribution in [2.75, 3.05) is 17.7 Å². The number of ether oxygens (including phenoxy) is 1. The summed E-state index contributed by atoms with van der Waals surface area (Å²) in [7, 11) is 1.54. The second kappa shape index (κ2) is 10.7. The molecule has 0 aliphatic carbocycles. The van der Waals surface area contributed by atoms with Crippen LogP contribution in [0, 0.1) is 6.92 Å². The number of anilines is 2. The van der Waals surface area contributed by atoms with E-state index >= 15 is 0 Å². The molecule has 10 nitrogen and oxygen atoms in total. The number of hydrogen-bond donors (Lipinski definition) is 3. The summed E-state index contributed by atoms with van der Waals surface area (Å²) in [5, 5.41) is 12.8. The smallest absolute Gasteiger partial charge is 0.324 e. The Balaban J connectivity index is 1.29. The minimum atomic E-state index is -0.442. The second-order valence-corrected chi connectivity index (χ2v) is 8.30. The maximum atomic E-state index is 12.9. The molecule has 0 atom stereocenters. The SMILES string of the molecule is CNC(=O)c1cc(Oc2ccc(NC(=O)Nc3cc(-c4ccco4)nn3-c3cccc(C)c3)cc2)ccn1. The molecule has 5 rings (SSSR count). The van der Waals surface area contributed by atoms with Crippen molar-refractivity contribution >= 4 is 23.4 Å². The molecule has 3 heterocycles. The van der Waals surface area contributed by atoms with E-state index in [9.17, 15) is 9.59 Å². The normalized spacial score (nSPS) is 10.6. The molecule has 0 fully saturated rings. The van der Waals surface area contributed by atoms with E-state index in [1.54, 1.807) is 59.5 Å². The van der Waals surface area contributed by atoms with Gasteiger partial charge in [0.25, 0.3) is 5.91 Å². The zero-order valence-corrected chi connectivity index (χ0v) is 20.6. The third kappa shape index (κ3) is 5.54. The minimum Gasteiger partial charge on any atom is -0.463 e. The van der Waals surface area contributed by atoms with E-state index in [0.717, 1.165) is 11.3 Å². The Labute approximate surface area is 218 Å². The van der Waals surface area contributed by atoms with E-state index in [2.05, 4.69) is 26.0 Å². The number of pyridine rings is 1. The van der Waals surface area contributed by atoms with Gasteiger partial charge in [-0.05, 0) is 67.1 Å². The molecule has 0 aliphatic rings. The number of rotatable bonds is 7. The zero-order valence-electron chi connectivity index (χ0n) is 20.6. The lowest BCUT2D eigenvalue weighted by molar-refractivity contribution is 0.0958. The van der Waals surface area contributed by atoms with Crippen molar-refractivity contribution in [3.8, 4) is 28.6 Å². The Hall–Kier alpha value is -5.38. The summed E-state index contributed by atoms with van der Waals surface area (Å²) in [4.78, 5) is 28.7. The van der Waals surface area contributed by atoms with E-state index in [-0.39, 0.29) is 11.6 Å². The fourth-order valence-corrected chi connectivity index (χ4v) is 3.72. The molecule has 190 valence electrons. The second-order valence-electron chi connectivity index (χ2n) is 8.30. The monoisotopic (exact) mass is 508 g/mol. The fraction of sp³-hybridized carbons (Fsp3) is 0.0714. The molecular formula is C28H24N6O4. The quantitative estimate of drug-likeness (QED) is 0.262. The number of amides is 3. The van der Waals surface area contributed by atoms with E-state index < -0.39 is 6.03 Å². The molecule has 0 saturated heterocycles. The molecule has 0 unspecified atom stereocenters. The fourth-order valence-electron chi connectivity index (χ4n) is 3.72. The van der Waals surface area contributed by atoms with E-state index in [1.807, 2.05) is 37.3 Å². The van der Waals surface area contributed by atoms with Crippen molar-refractivity contribution in [2.45, 2.75) is 6.92 Å². The van der Waals surface area contributed by atoms with Crippen LogP contribution in [-0.4, -0.2) is 33.8 Å². The van der Waals surface area contributed by atoms with Gasteiger partial charge in [-0.3, -0.25) is 15.1 Å². The van der Waals surface area contributed by atoms with Crippen LogP contribution >= 0.6 is 0 Å². The first kappa shape index (κ1) is 24.3. The number of carbonyl (C=O) groups is 2. The van der Waals surface area contributed by atoms with Crippen LogP contribution in [0.2, 0.25) is 0 Å². The Kier molecular flexibility index (Phi) is 6.85. The highest BCUT2D eigenvalue weighted by Crippen LogP contribution is 2.26. The maximum Gasteiger partial charge on any atom is 0.324 e. The standard InChI is InChI=1S/C28H24N6O4/c1-18-5-3-6-20(15-18)34-26(17-23(33-34)25-7-4-14-37-25)32-28(36)31-19-8-10-21(11-9-19)38-22-12-13-30-24(16-22)27(35)29-2/h3-17H,1-2H3,(H,29,35)(H2,31,32,36). The number of nitrogens with one attached hydrogen (secondary N) is 3. The number of aryl methyl sites for hydroxylation is 1. The largest absolute Gasteiger partial charge is 0.463 e. The highest BCUT2D eigenvalue weighted by atomic mass is 16.5. The molecule has 5 aromatic rings. The Morgan fingerprint density at radius 2 is 1.76 bits per heavy atom. The molecule has 10 heteroatoms. The van der Waals surface area contributed by atoms with Crippen LogP contribution in [-0.2, 0) is 0 Å². The van der Waals surface area contributed by atoms with Gasteiger partial charge in [0.2, 0.25) is 0 Å². The molecule has 0 spiro atoms. The average Bonchev–Trinajstić information content (AvgIpc) is 3.60. The van der Waals surface area contributed by atoms with Crippen LogP contribution in [0.3, 0.4) is 0 Å². The van der Waals surface area contributed by atoms with Gasteiger partial charge in [0.05, 0.1) is 12.0 Å². The summed E-state index contributed by atoms with van der Waals surface area (Å²) in [5.74, 6) is 1.76. The molecule has 0 radical (unpaired) electrons. The van der Waals surface area contributed by atoms with Crippen molar-refractivity contribution in [1.82, 2.24) is 20.1 Å². The Morgan fingerprint density at radius 3 is 2.50 bits per heavy atom. The highest BCUT2D eigenvalue weighted by Gasteiger charge is 2.16. The van der Waals surface area contributed by atoms with Crippen molar-refractivity contribution in [1.29, 1.82) is 0 Å². The molecule has 0 aliphatic heterocycles. The van der Waals surface area contributed by atoms with Crippen LogP contribution in [0.15, 0.2) is 95.7 Å². The molecule has 3 N–H and O–H groups in total. The number of furan rings is 1. The predicted octanol–water partition coefficient (Wildman–Crippen LogP) is 5.63. The molecule has 3 amide bonds. The van der Waals surface area contributed by atoms with Crippen molar-refractivity contribution in [2.24, 2.45) is 0 Å². The molecule has 3 aromatic heterocycles. The van der Waals surface area contributed by atoms with Gasteiger partial charge in [0, 0.05) is 31.1 Å². The van der Waals surface area contributed by atoms with E-state index in [1.165, 1.54) is 13.2 Å². The lowest BCUT2D eigenvalue weighted by atomic mass is 10.2. The van der Waals surface area contributed by atoms with Gasteiger partial charge in [0.1, 0.15) is 28.7 Å². The third-order valence-corrected chi connectivity index (χ3v) is 5.51. The first-order valence-electron chi connectivity index (χ1n) is 11.7. The Morgan fingerprint density at radius 1 is 0.921 bits per heavy atom. The number of hydrogen-bond acceptors (Lipinski definition) is 6. The third-order valence-electron chi connectivity index (χ3n) is 5.51. The lowest BCUT2D eigenvalue weighted by Crippen LogP contribution is -2.21. The van der Waals surface area contributed by atoms with Crippen LogP contribution < -0.4 is 20.7 Å². The summed E-state index contributed by atoms with van der Waals surface area (Å²) in [6.07, 6.45) is 3.07. The van der Waals surface area contributed by atoms with Gasteiger partial charge >= 0.3 is 6.03 Å². The molecule has 0 bridgehead atoms. The highest BCUT2D eigenvalue weighted by molar-refractivity contribution is 5.99. The molecule has 2 aromatic carbocycles. The first-order chi connectivity index (χ1) is 18.5. The van der Waals surface area contributed by atoms with Gasteiger partial charge in [-0.15, -0.1) is 0 Å². The van der Waals surface area contributed by atoms with Gasteiger partial charge in [0.15, 0.2) is 5.76 Å². The topological polar surface area (TPSA) is 123 Å². The number of urea groups is 1. The van der Waals surface area contributed by atoms with Crippen molar-refractivity contribution in [3.05, 3.63) is 103 Å². The van der Waals surface area contributed by atoms with Crippen LogP contribution in [0.25, 0.3) is 17.1 Å². The summed E-state index contributed by atoms with van der Waals surface area (Å²) in [6.45, 7) is 1.99. The van der Waals surface area contributed by atoms with E-state index in [0.29, 0.717) is 34.5 Å². The summed E-state index contributed by atoms with van der Waals surface area (Å²) in [5.41, 5.74) is 3.26. The van der Waals surface area contributed by atoms with Gasteiger partial charge < -0.3 is 19.8 Å².